The predicted octanol–water partition coefficient (Wildman–Crippen LogP) is 2.54. The van der Waals surface area contributed by atoms with Gasteiger partial charge < -0.3 is 25.3 Å². The standard InChI is InChI=1S/C18H20N2O5S/c1-23-14-7-11(8-15(24-2)17(14)25-10-16(19)21)18(22)20-12-5-4-6-13(9-12)26-3/h4-9H,10H2,1-3H3,(H2,19,21)(H,20,22). The Balaban J connectivity index is 2.30. The van der Waals surface area contributed by atoms with E-state index in [-0.39, 0.29) is 29.8 Å². The first-order chi connectivity index (χ1) is 12.5. The molecule has 2 aromatic carbocycles. The van der Waals surface area contributed by atoms with Crippen molar-refractivity contribution in [2.75, 3.05) is 32.4 Å². The second kappa shape index (κ2) is 9.00. The van der Waals surface area contributed by atoms with Gasteiger partial charge in [0.15, 0.2) is 18.1 Å². The van der Waals surface area contributed by atoms with Crippen LogP contribution in [0.2, 0.25) is 0 Å². The summed E-state index contributed by atoms with van der Waals surface area (Å²) in [5, 5.41) is 2.83. The van der Waals surface area contributed by atoms with Crippen LogP contribution in [0.5, 0.6) is 17.2 Å². The molecular formula is C18H20N2O5S. The highest BCUT2D eigenvalue weighted by Gasteiger charge is 2.18. The van der Waals surface area contributed by atoms with Crippen LogP contribution < -0.4 is 25.3 Å². The fraction of sp³-hybridized carbons (Fsp3) is 0.222. The zero-order chi connectivity index (χ0) is 19.1. The second-order valence-corrected chi connectivity index (χ2v) is 6.03. The molecular weight excluding hydrogens is 356 g/mol. The molecule has 0 aliphatic heterocycles. The fourth-order valence-electron chi connectivity index (χ4n) is 2.20. The third-order valence-electron chi connectivity index (χ3n) is 3.41. The fourth-order valence-corrected chi connectivity index (χ4v) is 2.66. The van der Waals surface area contributed by atoms with Crippen LogP contribution in [-0.4, -0.2) is 38.9 Å². The highest BCUT2D eigenvalue weighted by Crippen LogP contribution is 2.38. The molecule has 2 aromatic rings. The van der Waals surface area contributed by atoms with Crippen molar-refractivity contribution in [3.05, 3.63) is 42.0 Å². The normalized spacial score (nSPS) is 10.1. The number of nitrogens with one attached hydrogen (secondary N) is 1. The van der Waals surface area contributed by atoms with Crippen LogP contribution in [0.3, 0.4) is 0 Å². The van der Waals surface area contributed by atoms with E-state index in [9.17, 15) is 9.59 Å². The van der Waals surface area contributed by atoms with Crippen LogP contribution in [0, 0.1) is 0 Å². The van der Waals surface area contributed by atoms with Gasteiger partial charge in [-0.15, -0.1) is 11.8 Å². The minimum atomic E-state index is -0.635. The van der Waals surface area contributed by atoms with Crippen molar-refractivity contribution < 1.29 is 23.8 Å². The van der Waals surface area contributed by atoms with Gasteiger partial charge in [-0.3, -0.25) is 9.59 Å². The Bertz CT molecular complexity index is 785. The van der Waals surface area contributed by atoms with Crippen molar-refractivity contribution in [1.82, 2.24) is 0 Å². The van der Waals surface area contributed by atoms with Gasteiger partial charge in [0, 0.05) is 16.1 Å². The van der Waals surface area contributed by atoms with E-state index >= 15 is 0 Å². The quantitative estimate of drug-likeness (QED) is 0.687. The molecule has 0 aliphatic carbocycles. The molecule has 0 radical (unpaired) electrons. The number of methoxy groups -OCH3 is 2. The molecule has 0 atom stereocenters. The lowest BCUT2D eigenvalue weighted by Crippen LogP contribution is -2.20. The molecule has 0 fully saturated rings. The first kappa shape index (κ1) is 19.5. The molecule has 8 heteroatoms. The largest absolute Gasteiger partial charge is 0.493 e. The maximum absolute atomic E-state index is 12.6. The molecule has 0 heterocycles. The topological polar surface area (TPSA) is 99.9 Å². The number of amides is 2. The van der Waals surface area contributed by atoms with Crippen molar-refractivity contribution in [3.8, 4) is 17.2 Å². The number of carbonyl (C=O) groups is 2. The molecule has 3 N–H and O–H groups in total. The summed E-state index contributed by atoms with van der Waals surface area (Å²) in [5.74, 6) is -0.247. The van der Waals surface area contributed by atoms with Gasteiger partial charge in [0.1, 0.15) is 0 Å². The van der Waals surface area contributed by atoms with Crippen LogP contribution >= 0.6 is 11.8 Å². The van der Waals surface area contributed by atoms with Gasteiger partial charge >= 0.3 is 0 Å². The Morgan fingerprint density at radius 1 is 1.12 bits per heavy atom. The van der Waals surface area contributed by atoms with Crippen molar-refractivity contribution in [2.45, 2.75) is 4.90 Å². The van der Waals surface area contributed by atoms with Crippen LogP contribution in [-0.2, 0) is 4.79 Å². The highest BCUT2D eigenvalue weighted by molar-refractivity contribution is 7.98. The molecule has 2 amide bonds. The molecule has 0 spiro atoms. The average molecular weight is 376 g/mol. The van der Waals surface area contributed by atoms with E-state index in [4.69, 9.17) is 19.9 Å². The first-order valence-corrected chi connectivity index (χ1v) is 8.83. The second-order valence-electron chi connectivity index (χ2n) is 5.15. The van der Waals surface area contributed by atoms with E-state index in [1.165, 1.54) is 26.4 Å². The number of thioether (sulfide) groups is 1. The molecule has 2 rings (SSSR count). The number of carbonyl (C=O) groups excluding carboxylic acids is 2. The van der Waals surface area contributed by atoms with Crippen molar-refractivity contribution >= 4 is 29.3 Å². The summed E-state index contributed by atoms with van der Waals surface area (Å²) < 4.78 is 15.9. The minimum Gasteiger partial charge on any atom is -0.493 e. The highest BCUT2D eigenvalue weighted by atomic mass is 32.2. The Morgan fingerprint density at radius 2 is 1.77 bits per heavy atom. The van der Waals surface area contributed by atoms with Gasteiger partial charge in [-0.25, -0.2) is 0 Å². The Labute approximate surface area is 155 Å². The smallest absolute Gasteiger partial charge is 0.255 e. The zero-order valence-electron chi connectivity index (χ0n) is 14.7. The maximum atomic E-state index is 12.6. The van der Waals surface area contributed by atoms with Gasteiger partial charge in [0.2, 0.25) is 5.75 Å². The zero-order valence-corrected chi connectivity index (χ0v) is 15.5. The number of hydrogen-bond donors (Lipinski definition) is 2. The molecule has 0 bridgehead atoms. The summed E-state index contributed by atoms with van der Waals surface area (Å²) in [7, 11) is 2.85. The Hall–Kier alpha value is -2.87. The van der Waals surface area contributed by atoms with E-state index in [0.29, 0.717) is 11.3 Å². The van der Waals surface area contributed by atoms with E-state index in [1.54, 1.807) is 17.8 Å². The van der Waals surface area contributed by atoms with E-state index in [0.717, 1.165) is 4.90 Å². The van der Waals surface area contributed by atoms with Gasteiger partial charge in [-0.2, -0.15) is 0 Å². The van der Waals surface area contributed by atoms with Crippen LogP contribution in [0.1, 0.15) is 10.4 Å². The van der Waals surface area contributed by atoms with Crippen LogP contribution in [0.4, 0.5) is 5.69 Å². The maximum Gasteiger partial charge on any atom is 0.255 e. The Kier molecular flexibility index (Phi) is 6.74. The summed E-state index contributed by atoms with van der Waals surface area (Å²) in [6.07, 6.45) is 1.96. The molecule has 26 heavy (non-hydrogen) atoms. The van der Waals surface area contributed by atoms with Gasteiger partial charge in [-0.05, 0) is 36.6 Å². The van der Waals surface area contributed by atoms with Crippen molar-refractivity contribution in [3.63, 3.8) is 0 Å². The van der Waals surface area contributed by atoms with Crippen LogP contribution in [0.15, 0.2) is 41.3 Å². The minimum absolute atomic E-state index is 0.203. The third-order valence-corrected chi connectivity index (χ3v) is 4.13. The summed E-state index contributed by atoms with van der Waals surface area (Å²) in [6.45, 7) is -0.334. The van der Waals surface area contributed by atoms with Gasteiger partial charge in [0.25, 0.3) is 11.8 Å². The van der Waals surface area contributed by atoms with E-state index < -0.39 is 5.91 Å². The molecule has 0 unspecified atom stereocenters. The number of anilines is 1. The lowest BCUT2D eigenvalue weighted by Gasteiger charge is -2.15. The van der Waals surface area contributed by atoms with Gasteiger partial charge in [0.05, 0.1) is 14.2 Å². The van der Waals surface area contributed by atoms with Crippen molar-refractivity contribution in [2.24, 2.45) is 5.73 Å². The molecule has 138 valence electrons. The average Bonchev–Trinajstić information content (AvgIpc) is 2.65. The number of nitrogens with two attached hydrogens (primary N) is 1. The lowest BCUT2D eigenvalue weighted by atomic mass is 10.1. The number of ether oxygens (including phenoxy) is 3. The molecule has 0 saturated heterocycles. The molecule has 0 aromatic heterocycles. The first-order valence-electron chi connectivity index (χ1n) is 7.61. The summed E-state index contributed by atoms with van der Waals surface area (Å²) in [5.41, 5.74) is 6.09. The van der Waals surface area contributed by atoms with Crippen molar-refractivity contribution in [1.29, 1.82) is 0 Å². The monoisotopic (exact) mass is 376 g/mol. The molecule has 0 saturated carbocycles. The number of rotatable bonds is 8. The predicted molar refractivity (Wildman–Crippen MR) is 100 cm³/mol. The lowest BCUT2D eigenvalue weighted by molar-refractivity contribution is -0.120. The number of hydrogen-bond acceptors (Lipinski definition) is 6. The van der Waals surface area contributed by atoms with E-state index in [1.807, 2.05) is 24.5 Å². The molecule has 7 nitrogen and oxygen atoms in total. The van der Waals surface area contributed by atoms with Gasteiger partial charge in [-0.1, -0.05) is 6.07 Å². The summed E-state index contributed by atoms with van der Waals surface area (Å²) in [4.78, 5) is 24.6. The number of primary amides is 1. The number of benzene rings is 2. The third kappa shape index (κ3) is 4.82. The summed E-state index contributed by atoms with van der Waals surface area (Å²) >= 11 is 1.58. The Morgan fingerprint density at radius 3 is 2.31 bits per heavy atom. The summed E-state index contributed by atoms with van der Waals surface area (Å²) in [6, 6.07) is 10.5. The SMILES string of the molecule is COc1cc(C(=O)Nc2cccc(SC)c2)cc(OC)c1OCC(N)=O. The van der Waals surface area contributed by atoms with Crippen LogP contribution in [0.25, 0.3) is 0 Å². The molecule has 0 aliphatic rings. The van der Waals surface area contributed by atoms with E-state index in [2.05, 4.69) is 5.32 Å².